The van der Waals surface area contributed by atoms with Crippen LogP contribution in [0.5, 0.6) is 11.5 Å². The Morgan fingerprint density at radius 3 is 2.41 bits per heavy atom. The maximum absolute atomic E-state index is 12.3. The van der Waals surface area contributed by atoms with Crippen LogP contribution < -0.4 is 20.9 Å². The number of carbonyl (C=O) groups is 1. The molecule has 3 rings (SSSR count). The summed E-state index contributed by atoms with van der Waals surface area (Å²) < 4.78 is 5.73. The number of hydrogen-bond donors (Lipinski definition) is 3. The lowest BCUT2D eigenvalue weighted by molar-refractivity contribution is -0.114. The van der Waals surface area contributed by atoms with Crippen molar-refractivity contribution in [2.24, 2.45) is 5.41 Å². The van der Waals surface area contributed by atoms with Gasteiger partial charge in [0, 0.05) is 30.6 Å². The maximum atomic E-state index is 12.3. The van der Waals surface area contributed by atoms with Gasteiger partial charge in [0.1, 0.15) is 11.5 Å². The third kappa shape index (κ3) is 4.57. The number of rotatable bonds is 5. The van der Waals surface area contributed by atoms with Crippen LogP contribution in [0.2, 0.25) is 0 Å². The van der Waals surface area contributed by atoms with Crippen molar-refractivity contribution < 1.29 is 14.4 Å². The normalized spacial score (nSPS) is 18.6. The molecule has 0 saturated carbocycles. The van der Waals surface area contributed by atoms with Crippen LogP contribution in [0.3, 0.4) is 0 Å². The first kappa shape index (κ1) is 18.7. The first-order valence-electron chi connectivity index (χ1n) is 8.72. The topological polar surface area (TPSA) is 84.5 Å². The van der Waals surface area contributed by atoms with E-state index in [1.807, 2.05) is 45.0 Å². The number of benzene rings is 1. The highest BCUT2D eigenvalue weighted by molar-refractivity contribution is 5.75. The minimum atomic E-state index is -0.903. The molecule has 0 saturated heterocycles. The minimum absolute atomic E-state index is 0.310. The van der Waals surface area contributed by atoms with E-state index in [1.54, 1.807) is 36.8 Å². The van der Waals surface area contributed by atoms with Crippen molar-refractivity contribution in [1.29, 1.82) is 0 Å². The smallest absolute Gasteiger partial charge is 0.317 e. The quantitative estimate of drug-likeness (QED) is 0.753. The number of amides is 2. The van der Waals surface area contributed by atoms with Gasteiger partial charge in [-0.25, -0.2) is 9.63 Å². The van der Waals surface area contributed by atoms with Crippen molar-refractivity contribution in [3.63, 3.8) is 0 Å². The second-order valence-electron chi connectivity index (χ2n) is 7.28. The zero-order valence-electron chi connectivity index (χ0n) is 15.7. The molecular formula is C20H24N4O3. The van der Waals surface area contributed by atoms with Gasteiger partial charge in [-0.2, -0.15) is 0 Å². The molecule has 7 heteroatoms. The zero-order valence-corrected chi connectivity index (χ0v) is 15.7. The molecule has 2 amide bonds. The third-order valence-electron chi connectivity index (χ3n) is 4.28. The highest BCUT2D eigenvalue weighted by Crippen LogP contribution is 2.34. The van der Waals surface area contributed by atoms with Crippen molar-refractivity contribution in [3.8, 4) is 11.5 Å². The molecule has 7 nitrogen and oxygen atoms in total. The predicted octanol–water partition coefficient (Wildman–Crippen LogP) is 3.46. The Morgan fingerprint density at radius 1 is 1.15 bits per heavy atom. The van der Waals surface area contributed by atoms with Crippen molar-refractivity contribution >= 4 is 6.03 Å². The van der Waals surface area contributed by atoms with E-state index < -0.39 is 5.72 Å². The number of pyridine rings is 1. The van der Waals surface area contributed by atoms with Crippen LogP contribution in [0.15, 0.2) is 61.1 Å². The lowest BCUT2D eigenvalue weighted by Crippen LogP contribution is -2.59. The van der Waals surface area contributed by atoms with Gasteiger partial charge in [0.2, 0.25) is 0 Å². The van der Waals surface area contributed by atoms with Crippen molar-refractivity contribution in [1.82, 2.24) is 21.1 Å². The summed E-state index contributed by atoms with van der Waals surface area (Å²) in [6.45, 7) is 6.36. The molecule has 1 aromatic carbocycles. The average molecular weight is 368 g/mol. The Balaban J connectivity index is 1.54. The van der Waals surface area contributed by atoms with Crippen molar-refractivity contribution in [2.45, 2.75) is 33.0 Å². The van der Waals surface area contributed by atoms with E-state index in [2.05, 4.69) is 21.1 Å². The monoisotopic (exact) mass is 368 g/mol. The molecule has 1 unspecified atom stereocenters. The fraction of sp³-hybridized carbons (Fsp3) is 0.300. The van der Waals surface area contributed by atoms with Crippen LogP contribution in [0, 0.1) is 5.41 Å². The Hall–Kier alpha value is -3.06. The fourth-order valence-corrected chi connectivity index (χ4v) is 2.58. The highest BCUT2D eigenvalue weighted by Gasteiger charge is 2.45. The van der Waals surface area contributed by atoms with Gasteiger partial charge in [-0.15, -0.1) is 0 Å². The molecule has 2 aromatic rings. The Morgan fingerprint density at radius 2 is 1.81 bits per heavy atom. The molecule has 1 aliphatic rings. The molecule has 0 spiro atoms. The summed E-state index contributed by atoms with van der Waals surface area (Å²) in [5.74, 6) is 1.44. The summed E-state index contributed by atoms with van der Waals surface area (Å²) in [5.41, 5.74) is 2.41. The number of ether oxygens (including phenoxy) is 1. The standard InChI is InChI=1S/C20H24N4O3/c1-19(2,3)20(10-13-23-27-20)24-18(25)22-14-15-4-6-16(7-5-15)26-17-8-11-21-12-9-17/h4-13,23H,14H2,1-3H3,(H2,22,24,25). The molecule has 0 radical (unpaired) electrons. The molecule has 1 aliphatic heterocycles. The van der Waals surface area contributed by atoms with Crippen LogP contribution in [0.1, 0.15) is 26.3 Å². The van der Waals surface area contributed by atoms with Crippen molar-refractivity contribution in [3.05, 3.63) is 66.6 Å². The van der Waals surface area contributed by atoms with E-state index in [0.29, 0.717) is 6.54 Å². The summed E-state index contributed by atoms with van der Waals surface area (Å²) in [6, 6.07) is 10.8. The summed E-state index contributed by atoms with van der Waals surface area (Å²) in [6.07, 6.45) is 6.83. The van der Waals surface area contributed by atoms with Crippen LogP contribution in [0.25, 0.3) is 0 Å². The second kappa shape index (κ2) is 7.67. The molecular weight excluding hydrogens is 344 g/mol. The number of nitrogens with one attached hydrogen (secondary N) is 3. The van der Waals surface area contributed by atoms with Gasteiger partial charge < -0.3 is 15.4 Å². The summed E-state index contributed by atoms with van der Waals surface area (Å²) in [7, 11) is 0. The molecule has 0 bridgehead atoms. The van der Waals surface area contributed by atoms with E-state index in [4.69, 9.17) is 9.57 Å². The fourth-order valence-electron chi connectivity index (χ4n) is 2.58. The number of urea groups is 1. The Bertz CT molecular complexity index is 800. The second-order valence-corrected chi connectivity index (χ2v) is 7.28. The molecule has 0 aliphatic carbocycles. The molecule has 3 N–H and O–H groups in total. The van der Waals surface area contributed by atoms with Crippen LogP contribution in [-0.2, 0) is 11.4 Å². The van der Waals surface area contributed by atoms with Gasteiger partial charge in [0.05, 0.1) is 0 Å². The maximum Gasteiger partial charge on any atom is 0.317 e. The molecule has 27 heavy (non-hydrogen) atoms. The summed E-state index contributed by atoms with van der Waals surface area (Å²) >= 11 is 0. The van der Waals surface area contributed by atoms with Gasteiger partial charge in [0.15, 0.2) is 5.72 Å². The number of carbonyl (C=O) groups excluding carboxylic acids is 1. The largest absolute Gasteiger partial charge is 0.457 e. The van der Waals surface area contributed by atoms with E-state index in [-0.39, 0.29) is 11.4 Å². The third-order valence-corrected chi connectivity index (χ3v) is 4.28. The van der Waals surface area contributed by atoms with E-state index in [1.165, 1.54) is 0 Å². The van der Waals surface area contributed by atoms with Crippen LogP contribution >= 0.6 is 0 Å². The minimum Gasteiger partial charge on any atom is -0.457 e. The van der Waals surface area contributed by atoms with Gasteiger partial charge in [-0.05, 0) is 35.9 Å². The summed E-state index contributed by atoms with van der Waals surface area (Å²) in [4.78, 5) is 21.8. The lowest BCUT2D eigenvalue weighted by atomic mass is 9.83. The van der Waals surface area contributed by atoms with Gasteiger partial charge in [-0.1, -0.05) is 32.9 Å². The van der Waals surface area contributed by atoms with Crippen LogP contribution in [0.4, 0.5) is 4.79 Å². The number of hydrogen-bond acceptors (Lipinski definition) is 5. The molecule has 2 heterocycles. The van der Waals surface area contributed by atoms with Crippen molar-refractivity contribution in [2.75, 3.05) is 0 Å². The average Bonchev–Trinajstić information content (AvgIpc) is 3.12. The van der Waals surface area contributed by atoms with E-state index >= 15 is 0 Å². The molecule has 0 fully saturated rings. The Labute approximate surface area is 158 Å². The number of aromatic nitrogens is 1. The van der Waals surface area contributed by atoms with Gasteiger partial charge in [-0.3, -0.25) is 10.5 Å². The first-order valence-corrected chi connectivity index (χ1v) is 8.72. The highest BCUT2D eigenvalue weighted by atomic mass is 16.7. The van der Waals surface area contributed by atoms with Crippen LogP contribution in [-0.4, -0.2) is 16.7 Å². The number of hydroxylamine groups is 1. The summed E-state index contributed by atoms with van der Waals surface area (Å²) in [5, 5.41) is 5.75. The Kier molecular flexibility index (Phi) is 5.32. The van der Waals surface area contributed by atoms with E-state index in [0.717, 1.165) is 17.1 Å². The molecule has 142 valence electrons. The van der Waals surface area contributed by atoms with E-state index in [9.17, 15) is 4.79 Å². The molecule has 1 aromatic heterocycles. The van der Waals surface area contributed by atoms with Gasteiger partial charge in [0.25, 0.3) is 0 Å². The lowest BCUT2D eigenvalue weighted by Gasteiger charge is -2.38. The van der Waals surface area contributed by atoms with Gasteiger partial charge >= 0.3 is 6.03 Å². The molecule has 1 atom stereocenters. The SMILES string of the molecule is CC(C)(C)C1(NC(=O)NCc2ccc(Oc3ccncc3)cc2)C=CNO1. The zero-order chi connectivity index (χ0) is 19.3. The first-order chi connectivity index (χ1) is 12.9. The number of nitrogens with zero attached hydrogens (tertiary/aromatic N) is 1. The predicted molar refractivity (Wildman–Crippen MR) is 102 cm³/mol.